The lowest BCUT2D eigenvalue weighted by atomic mass is 9.79. The number of hydrogen-bond donors (Lipinski definition) is 1. The number of nitrogens with zero attached hydrogens (tertiary/aromatic N) is 2. The van der Waals surface area contributed by atoms with Gasteiger partial charge in [-0.1, -0.05) is 25.1 Å². The van der Waals surface area contributed by atoms with Crippen LogP contribution in [0.2, 0.25) is 0 Å². The van der Waals surface area contributed by atoms with E-state index in [1.807, 2.05) is 31.2 Å². The van der Waals surface area contributed by atoms with Crippen LogP contribution in [0, 0.1) is 6.92 Å². The number of thioether (sulfide) groups is 1. The maximum Gasteiger partial charge on any atom is 0.294 e. The molecule has 1 atom stereocenters. The van der Waals surface area contributed by atoms with Gasteiger partial charge in [-0.05, 0) is 106 Å². The van der Waals surface area contributed by atoms with Crippen LogP contribution in [0.5, 0.6) is 0 Å². The number of anilines is 2. The van der Waals surface area contributed by atoms with Gasteiger partial charge in [0.1, 0.15) is 6.54 Å². The molecule has 0 radical (unpaired) electrons. The van der Waals surface area contributed by atoms with E-state index in [0.29, 0.717) is 22.6 Å². The molecule has 7 heteroatoms. The monoisotopic (exact) mass is 491 g/mol. The third-order valence-corrected chi connectivity index (χ3v) is 7.50. The highest BCUT2D eigenvalue weighted by Gasteiger charge is 2.38. The van der Waals surface area contributed by atoms with E-state index < -0.39 is 17.1 Å². The summed E-state index contributed by atoms with van der Waals surface area (Å²) in [6, 6.07) is 14.0. The van der Waals surface area contributed by atoms with Gasteiger partial charge in [-0.25, -0.2) is 0 Å². The predicted molar refractivity (Wildman–Crippen MR) is 144 cm³/mol. The van der Waals surface area contributed by atoms with Crippen molar-refractivity contribution in [2.45, 2.75) is 65.5 Å². The van der Waals surface area contributed by atoms with Gasteiger partial charge >= 0.3 is 0 Å². The third-order valence-electron chi connectivity index (χ3n) is 6.59. The molecule has 0 aliphatic carbocycles. The van der Waals surface area contributed by atoms with Crippen molar-refractivity contribution < 1.29 is 14.4 Å². The van der Waals surface area contributed by atoms with Crippen LogP contribution >= 0.6 is 11.8 Å². The molecule has 0 aromatic heterocycles. The first-order valence-electron chi connectivity index (χ1n) is 12.0. The molecule has 35 heavy (non-hydrogen) atoms. The van der Waals surface area contributed by atoms with E-state index >= 15 is 0 Å². The fourth-order valence-electron chi connectivity index (χ4n) is 5.39. The molecule has 6 nitrogen and oxygen atoms in total. The number of fused-ring (bicyclic) bond motifs is 1. The van der Waals surface area contributed by atoms with E-state index in [1.165, 1.54) is 11.3 Å². The van der Waals surface area contributed by atoms with Crippen LogP contribution in [0.4, 0.5) is 16.2 Å². The number of aryl methyl sites for hydroxylation is 1. The van der Waals surface area contributed by atoms with E-state index in [9.17, 15) is 14.4 Å². The van der Waals surface area contributed by atoms with Crippen molar-refractivity contribution in [2.24, 2.45) is 0 Å². The molecular formula is C28H33N3O3S. The zero-order chi connectivity index (χ0) is 25.5. The molecule has 1 N–H and O–H groups in total. The highest BCUT2D eigenvalue weighted by atomic mass is 32.2. The number of benzene rings is 2. The Morgan fingerprint density at radius 2 is 1.94 bits per heavy atom. The minimum atomic E-state index is -0.435. The molecule has 2 aliphatic heterocycles. The fraction of sp³-hybridized carbons (Fsp3) is 0.393. The number of rotatable bonds is 5. The zero-order valence-corrected chi connectivity index (χ0v) is 22.0. The van der Waals surface area contributed by atoms with E-state index in [1.54, 1.807) is 12.1 Å². The lowest BCUT2D eigenvalue weighted by Gasteiger charge is -2.50. The van der Waals surface area contributed by atoms with Crippen LogP contribution in [0.1, 0.15) is 63.6 Å². The predicted octanol–water partition coefficient (Wildman–Crippen LogP) is 6.17. The van der Waals surface area contributed by atoms with Crippen LogP contribution in [0.3, 0.4) is 0 Å². The van der Waals surface area contributed by atoms with Gasteiger partial charge in [0.25, 0.3) is 11.1 Å². The summed E-state index contributed by atoms with van der Waals surface area (Å²) in [6.45, 7) is 12.8. The van der Waals surface area contributed by atoms with Crippen LogP contribution in [0.25, 0.3) is 6.08 Å². The molecule has 1 saturated heterocycles. The Balaban J connectivity index is 1.53. The standard InChI is InChI=1S/C28H33N3O3S/c1-17(2)31-23-11-10-20(13-22(23)19(4)15-28(31,5)6)14-24-26(33)30(27(34)35-24)16-25(32)29-21-9-7-8-18(3)12-21/h7-14,17,19H,15-16H2,1-6H3,(H,29,32)/b24-14-/t19-/m1/s1. The van der Waals surface area contributed by atoms with Gasteiger partial charge < -0.3 is 10.2 Å². The smallest absolute Gasteiger partial charge is 0.294 e. The molecule has 2 heterocycles. The maximum atomic E-state index is 13.0. The molecule has 2 aliphatic rings. The number of carbonyl (C=O) groups is 3. The second kappa shape index (κ2) is 9.53. The number of nitrogens with one attached hydrogen (secondary N) is 1. The molecular weight excluding hydrogens is 458 g/mol. The molecule has 1 fully saturated rings. The topological polar surface area (TPSA) is 69.7 Å². The summed E-state index contributed by atoms with van der Waals surface area (Å²) in [5, 5.41) is 2.32. The highest BCUT2D eigenvalue weighted by molar-refractivity contribution is 8.18. The van der Waals surface area contributed by atoms with E-state index in [2.05, 4.69) is 57.0 Å². The first-order valence-corrected chi connectivity index (χ1v) is 12.8. The lowest BCUT2D eigenvalue weighted by Crippen LogP contribution is -2.51. The lowest BCUT2D eigenvalue weighted by molar-refractivity contribution is -0.127. The number of imide groups is 1. The number of hydrogen-bond acceptors (Lipinski definition) is 5. The quantitative estimate of drug-likeness (QED) is 0.507. The van der Waals surface area contributed by atoms with Crippen molar-refractivity contribution >= 4 is 46.3 Å². The average Bonchev–Trinajstić information content (AvgIpc) is 3.00. The number of carbonyl (C=O) groups excluding carboxylic acids is 3. The Morgan fingerprint density at radius 1 is 1.20 bits per heavy atom. The number of amides is 3. The van der Waals surface area contributed by atoms with Crippen molar-refractivity contribution in [3.05, 3.63) is 64.1 Å². The van der Waals surface area contributed by atoms with E-state index in [4.69, 9.17) is 0 Å². The van der Waals surface area contributed by atoms with Gasteiger partial charge in [-0.3, -0.25) is 19.3 Å². The largest absolute Gasteiger partial charge is 0.364 e. The Morgan fingerprint density at radius 3 is 2.63 bits per heavy atom. The molecule has 2 aromatic carbocycles. The van der Waals surface area contributed by atoms with Crippen LogP contribution in [-0.2, 0) is 9.59 Å². The first kappa shape index (κ1) is 25.0. The summed E-state index contributed by atoms with van der Waals surface area (Å²) in [4.78, 5) is 41.8. The van der Waals surface area contributed by atoms with Gasteiger partial charge in [-0.15, -0.1) is 0 Å². The molecule has 184 valence electrons. The Labute approximate surface area is 211 Å². The summed E-state index contributed by atoms with van der Waals surface area (Å²) >= 11 is 0.879. The maximum absolute atomic E-state index is 13.0. The first-order chi connectivity index (χ1) is 16.5. The van der Waals surface area contributed by atoms with Crippen LogP contribution in [0.15, 0.2) is 47.4 Å². The second-order valence-corrected chi connectivity index (χ2v) is 11.4. The second-order valence-electron chi connectivity index (χ2n) is 10.4. The Hall–Kier alpha value is -3.06. The van der Waals surface area contributed by atoms with Crippen molar-refractivity contribution in [1.82, 2.24) is 4.90 Å². The van der Waals surface area contributed by atoms with Crippen molar-refractivity contribution in [2.75, 3.05) is 16.8 Å². The summed E-state index contributed by atoms with van der Waals surface area (Å²) in [5.41, 5.74) is 5.07. The molecule has 0 saturated carbocycles. The Bertz CT molecular complexity index is 1220. The molecule has 0 bridgehead atoms. The third kappa shape index (κ3) is 5.15. The summed E-state index contributed by atoms with van der Waals surface area (Å²) in [6.07, 6.45) is 2.80. The SMILES string of the molecule is Cc1cccc(NC(=O)CN2C(=O)S/C(=C\c3ccc4c(c3)[C@H](C)CC(C)(C)N4C(C)C)C2=O)c1. The summed E-state index contributed by atoms with van der Waals surface area (Å²) < 4.78 is 0. The highest BCUT2D eigenvalue weighted by Crippen LogP contribution is 2.45. The minimum absolute atomic E-state index is 0.0593. The molecule has 0 unspecified atom stereocenters. The van der Waals surface area contributed by atoms with Gasteiger partial charge in [0, 0.05) is 23.0 Å². The molecule has 2 aromatic rings. The van der Waals surface area contributed by atoms with Crippen LogP contribution in [-0.4, -0.2) is 40.1 Å². The van der Waals surface area contributed by atoms with Crippen molar-refractivity contribution in [3.8, 4) is 0 Å². The van der Waals surface area contributed by atoms with E-state index in [0.717, 1.165) is 34.2 Å². The van der Waals surface area contributed by atoms with Crippen LogP contribution < -0.4 is 10.2 Å². The normalized spacial score (nSPS) is 20.5. The Kier molecular flexibility index (Phi) is 6.82. The van der Waals surface area contributed by atoms with Gasteiger partial charge in [-0.2, -0.15) is 0 Å². The molecule has 3 amide bonds. The average molecular weight is 492 g/mol. The van der Waals surface area contributed by atoms with Gasteiger partial charge in [0.2, 0.25) is 5.91 Å². The van der Waals surface area contributed by atoms with E-state index in [-0.39, 0.29) is 12.1 Å². The van der Waals surface area contributed by atoms with Gasteiger partial charge in [0.05, 0.1) is 4.91 Å². The summed E-state index contributed by atoms with van der Waals surface area (Å²) in [7, 11) is 0. The van der Waals surface area contributed by atoms with Crippen molar-refractivity contribution in [3.63, 3.8) is 0 Å². The molecule has 4 rings (SSSR count). The minimum Gasteiger partial charge on any atom is -0.364 e. The molecule has 0 spiro atoms. The van der Waals surface area contributed by atoms with Crippen molar-refractivity contribution in [1.29, 1.82) is 0 Å². The zero-order valence-electron chi connectivity index (χ0n) is 21.2. The fourth-order valence-corrected chi connectivity index (χ4v) is 6.23. The summed E-state index contributed by atoms with van der Waals surface area (Å²) in [5.74, 6) is -0.461. The van der Waals surface area contributed by atoms with Gasteiger partial charge in [0.15, 0.2) is 0 Å².